The van der Waals surface area contributed by atoms with Crippen LogP contribution >= 0.6 is 0 Å². The molecule has 2 amide bonds. The SMILES string of the molecule is CC(C)(C)OC(=O)N(OC(=O)NCC1CCCCC1)S(=O)(=O)c1ccccc1S(C)(=O)=O. The Morgan fingerprint density at radius 3 is 2.12 bits per heavy atom. The van der Waals surface area contributed by atoms with Crippen molar-refractivity contribution < 1.29 is 36.0 Å². The van der Waals surface area contributed by atoms with E-state index in [1.54, 1.807) is 0 Å². The van der Waals surface area contributed by atoms with Gasteiger partial charge in [-0.05, 0) is 56.1 Å². The molecule has 12 heteroatoms. The highest BCUT2D eigenvalue weighted by molar-refractivity contribution is 7.93. The maximum Gasteiger partial charge on any atom is 0.459 e. The molecule has 1 N–H and O–H groups in total. The van der Waals surface area contributed by atoms with Gasteiger partial charge >= 0.3 is 22.2 Å². The lowest BCUT2D eigenvalue weighted by Crippen LogP contribution is -2.45. The highest BCUT2D eigenvalue weighted by atomic mass is 32.2. The normalized spacial score (nSPS) is 15.6. The van der Waals surface area contributed by atoms with E-state index >= 15 is 0 Å². The zero-order valence-electron chi connectivity index (χ0n) is 18.7. The second kappa shape index (κ2) is 10.1. The summed E-state index contributed by atoms with van der Waals surface area (Å²) < 4.78 is 55.5. The zero-order chi connectivity index (χ0) is 24.2. The number of rotatable bonds is 5. The van der Waals surface area contributed by atoms with E-state index in [1.807, 2.05) is 0 Å². The van der Waals surface area contributed by atoms with Crippen molar-refractivity contribution in [2.24, 2.45) is 5.92 Å². The fourth-order valence-electron chi connectivity index (χ4n) is 3.27. The van der Waals surface area contributed by atoms with Crippen LogP contribution in [-0.2, 0) is 29.4 Å². The van der Waals surface area contributed by atoms with E-state index in [9.17, 15) is 26.4 Å². The average molecular weight is 491 g/mol. The van der Waals surface area contributed by atoms with E-state index < -0.39 is 47.4 Å². The number of hydroxylamine groups is 1. The van der Waals surface area contributed by atoms with Crippen molar-refractivity contribution in [2.45, 2.75) is 68.3 Å². The van der Waals surface area contributed by atoms with Crippen LogP contribution in [0.25, 0.3) is 0 Å². The molecule has 2 rings (SSSR count). The smallest absolute Gasteiger partial charge is 0.441 e. The molecule has 1 aliphatic rings. The molecule has 0 saturated heterocycles. The van der Waals surface area contributed by atoms with Gasteiger partial charge in [-0.2, -0.15) is 8.42 Å². The summed E-state index contributed by atoms with van der Waals surface area (Å²) in [7, 11) is -8.91. The maximum atomic E-state index is 13.2. The Hall–Kier alpha value is -2.34. The highest BCUT2D eigenvalue weighted by Crippen LogP contribution is 2.26. The summed E-state index contributed by atoms with van der Waals surface area (Å²) in [5, 5.41) is 2.48. The average Bonchev–Trinajstić information content (AvgIpc) is 2.69. The molecule has 0 aromatic heterocycles. The number of ether oxygens (including phenoxy) is 1. The van der Waals surface area contributed by atoms with Crippen molar-refractivity contribution in [3.05, 3.63) is 24.3 Å². The van der Waals surface area contributed by atoms with Gasteiger partial charge in [0, 0.05) is 12.8 Å². The number of sulfonamides is 1. The van der Waals surface area contributed by atoms with Crippen molar-refractivity contribution >= 4 is 32.0 Å². The van der Waals surface area contributed by atoms with E-state index in [4.69, 9.17) is 9.57 Å². The number of sulfone groups is 1. The van der Waals surface area contributed by atoms with Crippen molar-refractivity contribution in [1.82, 2.24) is 9.79 Å². The van der Waals surface area contributed by atoms with Crippen molar-refractivity contribution in [1.29, 1.82) is 0 Å². The van der Waals surface area contributed by atoms with Crippen LogP contribution in [0.4, 0.5) is 9.59 Å². The van der Waals surface area contributed by atoms with Crippen LogP contribution in [0.15, 0.2) is 34.1 Å². The number of hydrogen-bond acceptors (Lipinski definition) is 8. The van der Waals surface area contributed by atoms with E-state index in [0.29, 0.717) is 0 Å². The second-order valence-corrected chi connectivity index (χ2v) is 12.4. The molecule has 1 aromatic carbocycles. The molecule has 0 heterocycles. The summed E-state index contributed by atoms with van der Waals surface area (Å²) in [4.78, 5) is 28.6. The summed E-state index contributed by atoms with van der Waals surface area (Å²) in [6.45, 7) is 4.77. The molecule has 1 aliphatic carbocycles. The van der Waals surface area contributed by atoms with Gasteiger partial charge in [-0.1, -0.05) is 31.4 Å². The molecule has 0 radical (unpaired) electrons. The Kier molecular flexibility index (Phi) is 8.16. The number of nitrogens with one attached hydrogen (secondary N) is 1. The van der Waals surface area contributed by atoms with Crippen LogP contribution in [0.3, 0.4) is 0 Å². The molecule has 32 heavy (non-hydrogen) atoms. The van der Waals surface area contributed by atoms with Crippen molar-refractivity contribution in [2.75, 3.05) is 12.8 Å². The predicted octanol–water partition coefficient (Wildman–Crippen LogP) is 3.24. The zero-order valence-corrected chi connectivity index (χ0v) is 20.3. The number of amides is 2. The number of carbonyl (C=O) groups excluding carboxylic acids is 2. The minimum Gasteiger partial charge on any atom is -0.441 e. The molecule has 0 aliphatic heterocycles. The van der Waals surface area contributed by atoms with Crippen LogP contribution in [0.5, 0.6) is 0 Å². The molecule has 1 fully saturated rings. The first-order chi connectivity index (χ1) is 14.7. The van der Waals surface area contributed by atoms with Crippen LogP contribution in [0.2, 0.25) is 0 Å². The Morgan fingerprint density at radius 2 is 1.59 bits per heavy atom. The van der Waals surface area contributed by atoms with Crippen LogP contribution < -0.4 is 5.32 Å². The molecule has 0 atom stereocenters. The maximum absolute atomic E-state index is 13.2. The third-order valence-corrected chi connectivity index (χ3v) is 7.57. The van der Waals surface area contributed by atoms with Gasteiger partial charge in [0.15, 0.2) is 9.84 Å². The highest BCUT2D eigenvalue weighted by Gasteiger charge is 2.39. The molecule has 10 nitrogen and oxygen atoms in total. The van der Waals surface area contributed by atoms with Gasteiger partial charge in [-0.15, -0.1) is 0 Å². The molecule has 0 bridgehead atoms. The molecule has 0 unspecified atom stereocenters. The van der Waals surface area contributed by atoms with Crippen LogP contribution in [-0.4, -0.2) is 51.9 Å². The first-order valence-electron chi connectivity index (χ1n) is 10.2. The largest absolute Gasteiger partial charge is 0.459 e. The van der Waals surface area contributed by atoms with Crippen molar-refractivity contribution in [3.8, 4) is 0 Å². The van der Waals surface area contributed by atoms with Gasteiger partial charge in [0.1, 0.15) is 10.5 Å². The van der Waals surface area contributed by atoms with Gasteiger partial charge in [0.25, 0.3) is 0 Å². The van der Waals surface area contributed by atoms with Gasteiger partial charge in [-0.3, -0.25) is 4.84 Å². The Labute approximate surface area is 189 Å². The molecule has 1 saturated carbocycles. The minimum atomic E-state index is -4.93. The fraction of sp³-hybridized carbons (Fsp3) is 0.600. The first-order valence-corrected chi connectivity index (χ1v) is 13.6. The van der Waals surface area contributed by atoms with Gasteiger partial charge < -0.3 is 10.1 Å². The van der Waals surface area contributed by atoms with E-state index in [0.717, 1.165) is 50.5 Å². The summed E-state index contributed by atoms with van der Waals surface area (Å²) >= 11 is 0. The van der Waals surface area contributed by atoms with E-state index in [-0.39, 0.29) is 16.9 Å². The Bertz CT molecular complexity index is 1040. The Morgan fingerprint density at radius 1 is 1.03 bits per heavy atom. The number of hydrogen-bond donors (Lipinski definition) is 1. The third kappa shape index (κ3) is 7.09. The minimum absolute atomic E-state index is 0.210. The molecule has 180 valence electrons. The summed E-state index contributed by atoms with van der Waals surface area (Å²) in [6, 6.07) is 4.72. The predicted molar refractivity (Wildman–Crippen MR) is 116 cm³/mol. The van der Waals surface area contributed by atoms with E-state index in [1.165, 1.54) is 32.9 Å². The van der Waals surface area contributed by atoms with Gasteiger partial charge in [0.05, 0.1) is 4.90 Å². The number of benzene rings is 1. The van der Waals surface area contributed by atoms with Gasteiger partial charge in [-0.25, -0.2) is 18.0 Å². The molecular formula is C20H30N2O8S2. The molecular weight excluding hydrogens is 460 g/mol. The molecule has 1 aromatic rings. The lowest BCUT2D eigenvalue weighted by atomic mass is 9.89. The summed E-state index contributed by atoms with van der Waals surface area (Å²) in [6.07, 6.45) is 3.26. The number of carbonyl (C=O) groups is 2. The number of nitrogens with zero attached hydrogens (tertiary/aromatic N) is 1. The summed E-state index contributed by atoms with van der Waals surface area (Å²) in [5.74, 6) is 0.230. The van der Waals surface area contributed by atoms with Crippen molar-refractivity contribution in [3.63, 3.8) is 0 Å². The van der Waals surface area contributed by atoms with Gasteiger partial charge in [0.2, 0.25) is 0 Å². The molecule has 0 spiro atoms. The lowest BCUT2D eigenvalue weighted by Gasteiger charge is -2.26. The standard InChI is InChI=1S/C20H30N2O8S2/c1-20(2,3)29-19(24)22(30-18(23)21-14-15-10-6-5-7-11-15)32(27,28)17-13-9-8-12-16(17)31(4,25)26/h8-9,12-13,15H,5-7,10-11,14H2,1-4H3,(H,21,23). The first kappa shape index (κ1) is 25.9. The fourth-order valence-corrected chi connectivity index (χ4v) is 5.95. The van der Waals surface area contributed by atoms with Crippen LogP contribution in [0.1, 0.15) is 52.9 Å². The summed E-state index contributed by atoms with van der Waals surface area (Å²) in [5.41, 5.74) is -1.11. The Balaban J connectivity index is 2.34. The van der Waals surface area contributed by atoms with E-state index in [2.05, 4.69) is 5.32 Å². The monoisotopic (exact) mass is 490 g/mol. The van der Waals surface area contributed by atoms with Crippen LogP contribution in [0, 0.1) is 5.92 Å². The topological polar surface area (TPSA) is 136 Å². The third-order valence-electron chi connectivity index (χ3n) is 4.71. The second-order valence-electron chi connectivity index (χ2n) is 8.70. The quantitative estimate of drug-likeness (QED) is 0.621. The lowest BCUT2D eigenvalue weighted by molar-refractivity contribution is -0.0472.